The van der Waals surface area contributed by atoms with Crippen LogP contribution in [0.5, 0.6) is 0 Å². The van der Waals surface area contributed by atoms with Crippen LogP contribution in [0.15, 0.2) is 18.2 Å². The SMILES string of the molecule is COCC(C)NC(=O)c1ccc(Cl)cc1Cl. The third kappa shape index (κ3) is 3.67. The fourth-order valence-electron chi connectivity index (χ4n) is 1.27. The summed E-state index contributed by atoms with van der Waals surface area (Å²) in [4.78, 5) is 11.8. The maximum Gasteiger partial charge on any atom is 0.253 e. The van der Waals surface area contributed by atoms with Gasteiger partial charge < -0.3 is 10.1 Å². The highest BCUT2D eigenvalue weighted by molar-refractivity contribution is 6.36. The van der Waals surface area contributed by atoms with Crippen molar-refractivity contribution < 1.29 is 9.53 Å². The van der Waals surface area contributed by atoms with Gasteiger partial charge in [0, 0.05) is 18.2 Å². The Morgan fingerprint density at radius 2 is 2.19 bits per heavy atom. The maximum atomic E-state index is 11.8. The molecular weight excluding hydrogens is 249 g/mol. The number of halogens is 2. The molecule has 0 spiro atoms. The van der Waals surface area contributed by atoms with E-state index in [1.54, 1.807) is 25.3 Å². The maximum absolute atomic E-state index is 11.8. The zero-order chi connectivity index (χ0) is 12.1. The lowest BCUT2D eigenvalue weighted by Crippen LogP contribution is -2.35. The Morgan fingerprint density at radius 3 is 2.75 bits per heavy atom. The number of methoxy groups -OCH3 is 1. The Labute approximate surface area is 105 Å². The quantitative estimate of drug-likeness (QED) is 0.906. The molecule has 88 valence electrons. The van der Waals surface area contributed by atoms with Crippen LogP contribution in [-0.4, -0.2) is 25.7 Å². The van der Waals surface area contributed by atoms with Gasteiger partial charge in [-0.25, -0.2) is 0 Å². The van der Waals surface area contributed by atoms with Crippen LogP contribution in [0.25, 0.3) is 0 Å². The van der Waals surface area contributed by atoms with Crippen LogP contribution in [0.2, 0.25) is 10.0 Å². The lowest BCUT2D eigenvalue weighted by molar-refractivity contribution is 0.0906. The molecular formula is C11H13Cl2NO2. The number of hydrogen-bond acceptors (Lipinski definition) is 2. The van der Waals surface area contributed by atoms with Crippen molar-refractivity contribution in [2.45, 2.75) is 13.0 Å². The summed E-state index contributed by atoms with van der Waals surface area (Å²) in [5.41, 5.74) is 0.411. The van der Waals surface area contributed by atoms with E-state index < -0.39 is 0 Å². The molecule has 0 saturated carbocycles. The van der Waals surface area contributed by atoms with Gasteiger partial charge in [-0.1, -0.05) is 23.2 Å². The van der Waals surface area contributed by atoms with Gasteiger partial charge in [-0.3, -0.25) is 4.79 Å². The zero-order valence-corrected chi connectivity index (χ0v) is 10.6. The summed E-state index contributed by atoms with van der Waals surface area (Å²) in [5.74, 6) is -0.230. The van der Waals surface area contributed by atoms with E-state index >= 15 is 0 Å². The van der Waals surface area contributed by atoms with Crippen molar-refractivity contribution in [1.29, 1.82) is 0 Å². The molecule has 1 rings (SSSR count). The van der Waals surface area contributed by atoms with Gasteiger partial charge in [0.1, 0.15) is 0 Å². The van der Waals surface area contributed by atoms with Gasteiger partial charge in [0.2, 0.25) is 0 Å². The molecule has 0 aromatic heterocycles. The fraction of sp³-hybridized carbons (Fsp3) is 0.364. The Hall–Kier alpha value is -0.770. The molecule has 0 heterocycles. The molecule has 1 atom stereocenters. The molecule has 0 saturated heterocycles. The van der Waals surface area contributed by atoms with Crippen molar-refractivity contribution in [1.82, 2.24) is 5.32 Å². The van der Waals surface area contributed by atoms with Crippen LogP contribution >= 0.6 is 23.2 Å². The van der Waals surface area contributed by atoms with E-state index in [9.17, 15) is 4.79 Å². The predicted octanol–water partition coefficient (Wildman–Crippen LogP) is 2.76. The number of rotatable bonds is 4. The van der Waals surface area contributed by atoms with Gasteiger partial charge in [-0.2, -0.15) is 0 Å². The van der Waals surface area contributed by atoms with E-state index in [1.807, 2.05) is 6.92 Å². The molecule has 0 aliphatic rings. The molecule has 0 fully saturated rings. The van der Waals surface area contributed by atoms with Crippen molar-refractivity contribution in [2.24, 2.45) is 0 Å². The number of hydrogen-bond donors (Lipinski definition) is 1. The number of carbonyl (C=O) groups is 1. The minimum Gasteiger partial charge on any atom is -0.383 e. The molecule has 0 radical (unpaired) electrons. The van der Waals surface area contributed by atoms with Gasteiger partial charge in [-0.05, 0) is 25.1 Å². The van der Waals surface area contributed by atoms with Gasteiger partial charge in [0.05, 0.1) is 17.2 Å². The lowest BCUT2D eigenvalue weighted by Gasteiger charge is -2.13. The molecule has 5 heteroatoms. The summed E-state index contributed by atoms with van der Waals surface area (Å²) >= 11 is 11.6. The summed E-state index contributed by atoms with van der Waals surface area (Å²) < 4.78 is 4.92. The Bertz CT molecular complexity index is 382. The van der Waals surface area contributed by atoms with Crippen LogP contribution in [0.3, 0.4) is 0 Å². The molecule has 1 amide bonds. The van der Waals surface area contributed by atoms with E-state index in [0.29, 0.717) is 22.2 Å². The van der Waals surface area contributed by atoms with Crippen LogP contribution in [0.1, 0.15) is 17.3 Å². The van der Waals surface area contributed by atoms with Gasteiger partial charge in [0.25, 0.3) is 5.91 Å². The standard InChI is InChI=1S/C11H13Cl2NO2/c1-7(6-16-2)14-11(15)9-4-3-8(12)5-10(9)13/h3-5,7H,6H2,1-2H3,(H,14,15). The number of ether oxygens (including phenoxy) is 1. The van der Waals surface area contributed by atoms with Crippen molar-refractivity contribution in [2.75, 3.05) is 13.7 Å². The third-order valence-corrected chi connectivity index (χ3v) is 2.52. The second-order valence-electron chi connectivity index (χ2n) is 3.45. The second-order valence-corrected chi connectivity index (χ2v) is 4.30. The first-order valence-electron chi connectivity index (χ1n) is 4.79. The zero-order valence-electron chi connectivity index (χ0n) is 9.09. The van der Waals surface area contributed by atoms with Crippen LogP contribution in [-0.2, 0) is 4.74 Å². The van der Waals surface area contributed by atoms with Crippen LogP contribution in [0, 0.1) is 0 Å². The molecule has 1 N–H and O–H groups in total. The third-order valence-electron chi connectivity index (χ3n) is 1.97. The van der Waals surface area contributed by atoms with E-state index in [2.05, 4.69) is 5.32 Å². The van der Waals surface area contributed by atoms with Crippen molar-refractivity contribution in [3.8, 4) is 0 Å². The topological polar surface area (TPSA) is 38.3 Å². The van der Waals surface area contributed by atoms with E-state index in [-0.39, 0.29) is 11.9 Å². The lowest BCUT2D eigenvalue weighted by atomic mass is 10.2. The molecule has 1 unspecified atom stereocenters. The normalized spacial score (nSPS) is 12.2. The summed E-state index contributed by atoms with van der Waals surface area (Å²) in [6.07, 6.45) is 0. The summed E-state index contributed by atoms with van der Waals surface area (Å²) in [6.45, 7) is 2.31. The van der Waals surface area contributed by atoms with Crippen molar-refractivity contribution in [3.63, 3.8) is 0 Å². The minimum absolute atomic E-state index is 0.0655. The predicted molar refractivity (Wildman–Crippen MR) is 65.3 cm³/mol. The first-order valence-corrected chi connectivity index (χ1v) is 5.55. The molecule has 1 aromatic rings. The molecule has 0 bridgehead atoms. The molecule has 1 aromatic carbocycles. The average molecular weight is 262 g/mol. The van der Waals surface area contributed by atoms with Crippen molar-refractivity contribution >= 4 is 29.1 Å². The summed E-state index contributed by atoms with van der Waals surface area (Å²) in [6, 6.07) is 4.70. The Kier molecular flexibility index (Phi) is 5.06. The monoisotopic (exact) mass is 261 g/mol. The van der Waals surface area contributed by atoms with Crippen LogP contribution in [0.4, 0.5) is 0 Å². The summed E-state index contributed by atoms with van der Waals surface area (Å²) in [5, 5.41) is 3.61. The second kappa shape index (κ2) is 6.09. The van der Waals surface area contributed by atoms with Gasteiger partial charge in [-0.15, -0.1) is 0 Å². The average Bonchev–Trinajstić information content (AvgIpc) is 2.17. The fourth-order valence-corrected chi connectivity index (χ4v) is 1.76. The highest BCUT2D eigenvalue weighted by Crippen LogP contribution is 2.20. The molecule has 0 aliphatic heterocycles. The highest BCUT2D eigenvalue weighted by atomic mass is 35.5. The number of benzene rings is 1. The highest BCUT2D eigenvalue weighted by Gasteiger charge is 2.12. The number of amides is 1. The number of carbonyl (C=O) groups excluding carboxylic acids is 1. The van der Waals surface area contributed by atoms with E-state index in [4.69, 9.17) is 27.9 Å². The molecule has 16 heavy (non-hydrogen) atoms. The Morgan fingerprint density at radius 1 is 1.50 bits per heavy atom. The number of nitrogens with one attached hydrogen (secondary N) is 1. The van der Waals surface area contributed by atoms with Gasteiger partial charge in [0.15, 0.2) is 0 Å². The van der Waals surface area contributed by atoms with Crippen molar-refractivity contribution in [3.05, 3.63) is 33.8 Å². The minimum atomic E-state index is -0.230. The van der Waals surface area contributed by atoms with Gasteiger partial charge >= 0.3 is 0 Å². The summed E-state index contributed by atoms with van der Waals surface area (Å²) in [7, 11) is 1.58. The smallest absolute Gasteiger partial charge is 0.253 e. The Balaban J connectivity index is 2.73. The first kappa shape index (κ1) is 13.3. The molecule has 3 nitrogen and oxygen atoms in total. The van der Waals surface area contributed by atoms with E-state index in [0.717, 1.165) is 0 Å². The van der Waals surface area contributed by atoms with Crippen LogP contribution < -0.4 is 5.32 Å². The van der Waals surface area contributed by atoms with E-state index in [1.165, 1.54) is 0 Å². The molecule has 0 aliphatic carbocycles. The first-order chi connectivity index (χ1) is 7.54. The largest absolute Gasteiger partial charge is 0.383 e.